The van der Waals surface area contributed by atoms with Gasteiger partial charge >= 0.3 is 0 Å². The third kappa shape index (κ3) is 5.76. The van der Waals surface area contributed by atoms with Crippen LogP contribution in [0.1, 0.15) is 42.1 Å². The van der Waals surface area contributed by atoms with E-state index in [9.17, 15) is 4.79 Å². The van der Waals surface area contributed by atoms with Gasteiger partial charge in [-0.25, -0.2) is 0 Å². The van der Waals surface area contributed by atoms with Gasteiger partial charge in [-0.1, -0.05) is 61.0 Å². The molecule has 0 bridgehead atoms. The number of amides is 1. The molecule has 0 saturated heterocycles. The lowest BCUT2D eigenvalue weighted by Crippen LogP contribution is -2.28. The third-order valence-corrected chi connectivity index (χ3v) is 4.85. The van der Waals surface area contributed by atoms with E-state index >= 15 is 0 Å². The Morgan fingerprint density at radius 2 is 1.87 bits per heavy atom. The Balaban J connectivity index is 1.77. The fraction of sp³-hybridized carbons (Fsp3) is 0.350. The zero-order chi connectivity index (χ0) is 16.7. The van der Waals surface area contributed by atoms with Gasteiger partial charge in [0.1, 0.15) is 0 Å². The minimum absolute atomic E-state index is 0.0491. The fourth-order valence-corrected chi connectivity index (χ4v) is 3.26. The monoisotopic (exact) mass is 327 g/mol. The summed E-state index contributed by atoms with van der Waals surface area (Å²) in [6.07, 6.45) is 1.04. The summed E-state index contributed by atoms with van der Waals surface area (Å²) in [5.74, 6) is 1.45. The third-order valence-electron chi connectivity index (χ3n) is 3.85. The van der Waals surface area contributed by atoms with Crippen molar-refractivity contribution in [3.63, 3.8) is 0 Å². The lowest BCUT2D eigenvalue weighted by Gasteiger charge is -2.14. The van der Waals surface area contributed by atoms with Crippen molar-refractivity contribution in [3.05, 3.63) is 70.8 Å². The maximum Gasteiger partial charge on any atom is 0.230 e. The lowest BCUT2D eigenvalue weighted by molar-refractivity contribution is -0.119. The number of rotatable bonds is 7. The number of carbonyl (C=O) groups is 1. The van der Waals surface area contributed by atoms with Crippen molar-refractivity contribution in [2.45, 2.75) is 39.0 Å². The van der Waals surface area contributed by atoms with E-state index in [0.29, 0.717) is 5.75 Å². The molecule has 1 amide bonds. The van der Waals surface area contributed by atoms with Gasteiger partial charge in [0.25, 0.3) is 0 Å². The molecule has 0 radical (unpaired) electrons. The van der Waals surface area contributed by atoms with Crippen molar-refractivity contribution in [2.24, 2.45) is 0 Å². The summed E-state index contributed by atoms with van der Waals surface area (Å²) in [5, 5.41) is 3.07. The van der Waals surface area contributed by atoms with Crippen LogP contribution in [0.25, 0.3) is 0 Å². The summed E-state index contributed by atoms with van der Waals surface area (Å²) in [4.78, 5) is 12.1. The fourth-order valence-electron chi connectivity index (χ4n) is 2.47. The number of aryl methyl sites for hydroxylation is 2. The van der Waals surface area contributed by atoms with Gasteiger partial charge in [0.15, 0.2) is 0 Å². The summed E-state index contributed by atoms with van der Waals surface area (Å²) >= 11 is 1.65. The van der Waals surface area contributed by atoms with Gasteiger partial charge < -0.3 is 5.32 Å². The lowest BCUT2D eigenvalue weighted by atomic mass is 10.1. The smallest absolute Gasteiger partial charge is 0.230 e. The Morgan fingerprint density at radius 1 is 1.13 bits per heavy atom. The van der Waals surface area contributed by atoms with E-state index < -0.39 is 0 Å². The molecule has 0 spiro atoms. The van der Waals surface area contributed by atoms with Crippen LogP contribution in [0.5, 0.6) is 0 Å². The van der Waals surface area contributed by atoms with Gasteiger partial charge in [-0.3, -0.25) is 4.79 Å². The first-order valence-electron chi connectivity index (χ1n) is 8.10. The molecule has 0 saturated carbocycles. The zero-order valence-corrected chi connectivity index (χ0v) is 15.0. The van der Waals surface area contributed by atoms with E-state index in [0.717, 1.165) is 17.7 Å². The minimum atomic E-state index is 0.0491. The normalized spacial score (nSPS) is 12.0. The van der Waals surface area contributed by atoms with Crippen molar-refractivity contribution >= 4 is 17.7 Å². The van der Waals surface area contributed by atoms with Crippen molar-refractivity contribution in [2.75, 3.05) is 5.75 Å². The van der Waals surface area contributed by atoms with Gasteiger partial charge in [-0.2, -0.15) is 0 Å². The Bertz CT molecular complexity index is 636. The molecule has 1 N–H and O–H groups in total. The van der Waals surface area contributed by atoms with Crippen LogP contribution in [0.2, 0.25) is 0 Å². The topological polar surface area (TPSA) is 29.1 Å². The number of hydrogen-bond acceptors (Lipinski definition) is 2. The van der Waals surface area contributed by atoms with Crippen LogP contribution in [0, 0.1) is 6.92 Å². The molecule has 0 aliphatic rings. The Morgan fingerprint density at radius 3 is 2.52 bits per heavy atom. The first kappa shape index (κ1) is 17.6. The number of hydrogen-bond donors (Lipinski definition) is 1. The Labute approximate surface area is 143 Å². The predicted molar refractivity (Wildman–Crippen MR) is 99.7 cm³/mol. The van der Waals surface area contributed by atoms with Crippen molar-refractivity contribution in [3.8, 4) is 0 Å². The number of nitrogens with one attached hydrogen (secondary N) is 1. The Hall–Kier alpha value is -1.74. The molecule has 3 heteroatoms. The molecule has 2 rings (SSSR count). The van der Waals surface area contributed by atoms with Crippen LogP contribution in [0.4, 0.5) is 0 Å². The Kier molecular flexibility index (Phi) is 6.72. The quantitative estimate of drug-likeness (QED) is 0.801. The van der Waals surface area contributed by atoms with E-state index in [1.807, 2.05) is 6.92 Å². The SMILES string of the molecule is CCc1ccc([C@H](C)NC(=O)CSCc2cccc(C)c2)cc1. The van der Waals surface area contributed by atoms with Crippen molar-refractivity contribution in [1.29, 1.82) is 0 Å². The van der Waals surface area contributed by atoms with Gasteiger partial charge in [0, 0.05) is 5.75 Å². The van der Waals surface area contributed by atoms with Crippen LogP contribution in [0.3, 0.4) is 0 Å². The first-order chi connectivity index (χ1) is 11.1. The largest absolute Gasteiger partial charge is 0.349 e. The summed E-state index contributed by atoms with van der Waals surface area (Å²) in [5.41, 5.74) is 5.00. The molecule has 23 heavy (non-hydrogen) atoms. The molecular formula is C20H25NOS. The molecule has 0 heterocycles. The molecule has 122 valence electrons. The second-order valence-electron chi connectivity index (χ2n) is 5.87. The number of carbonyl (C=O) groups excluding carboxylic acids is 1. The molecule has 2 aromatic carbocycles. The highest BCUT2D eigenvalue weighted by Crippen LogP contribution is 2.16. The van der Waals surface area contributed by atoms with Crippen molar-refractivity contribution in [1.82, 2.24) is 5.32 Å². The highest BCUT2D eigenvalue weighted by atomic mass is 32.2. The highest BCUT2D eigenvalue weighted by molar-refractivity contribution is 7.99. The summed E-state index contributed by atoms with van der Waals surface area (Å²) in [7, 11) is 0. The van der Waals surface area contributed by atoms with E-state index in [1.54, 1.807) is 11.8 Å². The molecule has 2 nitrogen and oxygen atoms in total. The molecule has 0 fully saturated rings. The average molecular weight is 327 g/mol. The molecule has 0 unspecified atom stereocenters. The highest BCUT2D eigenvalue weighted by Gasteiger charge is 2.09. The van der Waals surface area contributed by atoms with E-state index in [2.05, 4.69) is 67.7 Å². The van der Waals surface area contributed by atoms with Crippen LogP contribution < -0.4 is 5.32 Å². The molecular weight excluding hydrogens is 302 g/mol. The van der Waals surface area contributed by atoms with Gasteiger partial charge in [-0.15, -0.1) is 11.8 Å². The minimum Gasteiger partial charge on any atom is -0.349 e. The van der Waals surface area contributed by atoms with Crippen LogP contribution >= 0.6 is 11.8 Å². The number of benzene rings is 2. The van der Waals surface area contributed by atoms with Crippen molar-refractivity contribution < 1.29 is 4.79 Å². The molecule has 0 aliphatic carbocycles. The predicted octanol–water partition coefficient (Wildman–Crippen LogP) is 4.67. The maximum absolute atomic E-state index is 12.1. The molecule has 1 atom stereocenters. The average Bonchev–Trinajstić information content (AvgIpc) is 2.55. The second kappa shape index (κ2) is 8.78. The summed E-state index contributed by atoms with van der Waals surface area (Å²) in [6, 6.07) is 16.9. The van der Waals surface area contributed by atoms with Crippen LogP contribution in [0.15, 0.2) is 48.5 Å². The summed E-state index contributed by atoms with van der Waals surface area (Å²) < 4.78 is 0. The zero-order valence-electron chi connectivity index (χ0n) is 14.1. The van der Waals surface area contributed by atoms with E-state index in [-0.39, 0.29) is 11.9 Å². The van der Waals surface area contributed by atoms with E-state index in [4.69, 9.17) is 0 Å². The first-order valence-corrected chi connectivity index (χ1v) is 9.25. The molecule has 2 aromatic rings. The van der Waals surface area contributed by atoms with E-state index in [1.165, 1.54) is 16.7 Å². The molecule has 0 aromatic heterocycles. The second-order valence-corrected chi connectivity index (χ2v) is 6.85. The summed E-state index contributed by atoms with van der Waals surface area (Å²) in [6.45, 7) is 6.27. The van der Waals surface area contributed by atoms with Crippen LogP contribution in [-0.2, 0) is 17.0 Å². The maximum atomic E-state index is 12.1. The number of thioether (sulfide) groups is 1. The van der Waals surface area contributed by atoms with Crippen LogP contribution in [-0.4, -0.2) is 11.7 Å². The van der Waals surface area contributed by atoms with Gasteiger partial charge in [-0.05, 0) is 37.0 Å². The standard InChI is InChI=1S/C20H25NOS/c1-4-17-8-10-19(11-9-17)16(3)21-20(22)14-23-13-18-7-5-6-15(2)12-18/h5-12,16H,4,13-14H2,1-3H3,(H,21,22)/t16-/m0/s1. The van der Waals surface area contributed by atoms with Gasteiger partial charge in [0.2, 0.25) is 5.91 Å². The van der Waals surface area contributed by atoms with Gasteiger partial charge in [0.05, 0.1) is 11.8 Å². The molecule has 0 aliphatic heterocycles.